The van der Waals surface area contributed by atoms with Crippen LogP contribution in [0.3, 0.4) is 0 Å². The molecule has 0 saturated carbocycles. The van der Waals surface area contributed by atoms with Gasteiger partial charge in [0, 0.05) is 12.0 Å². The van der Waals surface area contributed by atoms with E-state index < -0.39 is 5.97 Å². The Morgan fingerprint density at radius 3 is 1.76 bits per heavy atom. The zero-order valence-electron chi connectivity index (χ0n) is 11.7. The maximum absolute atomic E-state index is 10.8. The average molecular weight is 306 g/mol. The van der Waals surface area contributed by atoms with E-state index in [1.807, 2.05) is 36.4 Å². The predicted molar refractivity (Wildman–Crippen MR) is 86.8 cm³/mol. The number of rotatable bonds is 6. The number of carboxylic acids is 1. The summed E-state index contributed by atoms with van der Waals surface area (Å²) in [5.41, 5.74) is 8.30. The fraction of sp³-hybridized carbons (Fsp3) is 0.235. The monoisotopic (exact) mass is 305 g/mol. The summed E-state index contributed by atoms with van der Waals surface area (Å²) >= 11 is 0. The molecule has 0 saturated heterocycles. The smallest absolute Gasteiger partial charge is 0.304 e. The van der Waals surface area contributed by atoms with Crippen molar-refractivity contribution < 1.29 is 9.90 Å². The van der Waals surface area contributed by atoms with Crippen molar-refractivity contribution in [2.45, 2.75) is 24.8 Å². The van der Waals surface area contributed by atoms with Gasteiger partial charge in [0.05, 0.1) is 6.42 Å². The van der Waals surface area contributed by atoms with Gasteiger partial charge in [-0.3, -0.25) is 4.79 Å². The zero-order chi connectivity index (χ0) is 14.4. The molecule has 0 bridgehead atoms. The first-order valence-corrected chi connectivity index (χ1v) is 6.74. The van der Waals surface area contributed by atoms with E-state index in [0.717, 1.165) is 0 Å². The third-order valence-corrected chi connectivity index (χ3v) is 3.38. The van der Waals surface area contributed by atoms with Crippen LogP contribution in [0.15, 0.2) is 60.7 Å². The van der Waals surface area contributed by atoms with Crippen molar-refractivity contribution in [1.29, 1.82) is 0 Å². The van der Waals surface area contributed by atoms with Crippen molar-refractivity contribution in [3.05, 3.63) is 71.8 Å². The molecule has 0 radical (unpaired) electrons. The molecule has 0 fully saturated rings. The molecule has 0 heterocycles. The summed E-state index contributed by atoms with van der Waals surface area (Å²) in [5.74, 6) is -0.718. The topological polar surface area (TPSA) is 63.3 Å². The second-order valence-electron chi connectivity index (χ2n) is 4.97. The summed E-state index contributed by atoms with van der Waals surface area (Å²) in [6.45, 7) is 0. The van der Waals surface area contributed by atoms with E-state index in [4.69, 9.17) is 10.8 Å². The Kier molecular flexibility index (Phi) is 6.92. The SMILES string of the molecule is Cl.NC(CC(=O)O)CC(c1ccccc1)c1ccccc1. The summed E-state index contributed by atoms with van der Waals surface area (Å²) in [6.07, 6.45) is 0.622. The molecule has 0 aromatic heterocycles. The minimum atomic E-state index is -0.850. The van der Waals surface area contributed by atoms with Gasteiger partial charge in [-0.25, -0.2) is 0 Å². The molecule has 3 N–H and O–H groups in total. The average Bonchev–Trinajstić information content (AvgIpc) is 2.46. The molecule has 0 aliphatic heterocycles. The molecule has 1 atom stereocenters. The van der Waals surface area contributed by atoms with Crippen molar-refractivity contribution in [2.75, 3.05) is 0 Å². The first-order chi connectivity index (χ1) is 9.66. The van der Waals surface area contributed by atoms with Crippen LogP contribution in [0.4, 0.5) is 0 Å². The summed E-state index contributed by atoms with van der Waals surface area (Å²) in [6, 6.07) is 19.8. The van der Waals surface area contributed by atoms with E-state index in [1.54, 1.807) is 0 Å². The van der Waals surface area contributed by atoms with Gasteiger partial charge in [-0.1, -0.05) is 60.7 Å². The Morgan fingerprint density at radius 1 is 0.952 bits per heavy atom. The zero-order valence-corrected chi connectivity index (χ0v) is 12.5. The molecule has 0 spiro atoms. The second-order valence-corrected chi connectivity index (χ2v) is 4.97. The number of halogens is 1. The van der Waals surface area contributed by atoms with Crippen LogP contribution >= 0.6 is 12.4 Å². The highest BCUT2D eigenvalue weighted by Gasteiger charge is 2.19. The van der Waals surface area contributed by atoms with Crippen LogP contribution in [-0.4, -0.2) is 17.1 Å². The molecule has 2 rings (SSSR count). The molecule has 2 aromatic rings. The number of carbonyl (C=O) groups is 1. The van der Waals surface area contributed by atoms with Crippen molar-refractivity contribution in [1.82, 2.24) is 0 Å². The third kappa shape index (κ3) is 5.21. The highest BCUT2D eigenvalue weighted by atomic mass is 35.5. The molecule has 1 unspecified atom stereocenters. The minimum Gasteiger partial charge on any atom is -0.481 e. The van der Waals surface area contributed by atoms with E-state index >= 15 is 0 Å². The normalized spacial score (nSPS) is 11.7. The van der Waals surface area contributed by atoms with Crippen LogP contribution in [0, 0.1) is 0 Å². The summed E-state index contributed by atoms with van der Waals surface area (Å²) in [4.78, 5) is 10.8. The fourth-order valence-corrected chi connectivity index (χ4v) is 2.45. The molecule has 2 aromatic carbocycles. The van der Waals surface area contributed by atoms with Gasteiger partial charge < -0.3 is 10.8 Å². The fourth-order valence-electron chi connectivity index (χ4n) is 2.45. The second kappa shape index (κ2) is 8.45. The maximum atomic E-state index is 10.8. The third-order valence-electron chi connectivity index (χ3n) is 3.38. The van der Waals surface area contributed by atoms with E-state index in [9.17, 15) is 4.79 Å². The highest BCUT2D eigenvalue weighted by Crippen LogP contribution is 2.29. The number of hydrogen-bond acceptors (Lipinski definition) is 2. The molecule has 0 aliphatic rings. The van der Waals surface area contributed by atoms with Crippen molar-refractivity contribution >= 4 is 18.4 Å². The predicted octanol–water partition coefficient (Wildman–Crippen LogP) is 3.43. The molecular formula is C17H20ClNO2. The van der Waals surface area contributed by atoms with Crippen molar-refractivity contribution in [2.24, 2.45) is 5.73 Å². The van der Waals surface area contributed by atoms with E-state index in [1.165, 1.54) is 11.1 Å². The summed E-state index contributed by atoms with van der Waals surface area (Å²) < 4.78 is 0. The molecule has 0 amide bonds. The standard InChI is InChI=1S/C17H19NO2.ClH/c18-15(12-17(19)20)11-16(13-7-3-1-4-8-13)14-9-5-2-6-10-14;/h1-10,15-16H,11-12,18H2,(H,19,20);1H. The van der Waals surface area contributed by atoms with E-state index in [0.29, 0.717) is 6.42 Å². The van der Waals surface area contributed by atoms with Crippen LogP contribution in [0.25, 0.3) is 0 Å². The Balaban J connectivity index is 0.00000220. The molecular weight excluding hydrogens is 286 g/mol. The van der Waals surface area contributed by atoms with E-state index in [2.05, 4.69) is 24.3 Å². The van der Waals surface area contributed by atoms with Crippen LogP contribution < -0.4 is 5.73 Å². The molecule has 4 heteroatoms. The van der Waals surface area contributed by atoms with Gasteiger partial charge >= 0.3 is 5.97 Å². The van der Waals surface area contributed by atoms with Gasteiger partial charge in [-0.2, -0.15) is 0 Å². The lowest BCUT2D eigenvalue weighted by molar-refractivity contribution is -0.137. The van der Waals surface area contributed by atoms with Gasteiger partial charge in [0.15, 0.2) is 0 Å². The summed E-state index contributed by atoms with van der Waals surface area (Å²) in [5, 5.41) is 8.86. The molecule has 21 heavy (non-hydrogen) atoms. The van der Waals surface area contributed by atoms with Gasteiger partial charge in [0.25, 0.3) is 0 Å². The Labute approximate surface area is 131 Å². The largest absolute Gasteiger partial charge is 0.481 e. The van der Waals surface area contributed by atoms with Crippen molar-refractivity contribution in [3.63, 3.8) is 0 Å². The quantitative estimate of drug-likeness (QED) is 0.859. The highest BCUT2D eigenvalue weighted by molar-refractivity contribution is 5.85. The van der Waals surface area contributed by atoms with Gasteiger partial charge in [0.1, 0.15) is 0 Å². The number of aliphatic carboxylic acids is 1. The first-order valence-electron chi connectivity index (χ1n) is 6.74. The van der Waals surface area contributed by atoms with Gasteiger partial charge in [-0.05, 0) is 17.5 Å². The maximum Gasteiger partial charge on any atom is 0.304 e. The number of nitrogens with two attached hydrogens (primary N) is 1. The van der Waals surface area contributed by atoms with Gasteiger partial charge in [-0.15, -0.1) is 12.4 Å². The molecule has 3 nitrogen and oxygen atoms in total. The summed E-state index contributed by atoms with van der Waals surface area (Å²) in [7, 11) is 0. The molecule has 0 aliphatic carbocycles. The van der Waals surface area contributed by atoms with Crippen LogP contribution in [0.1, 0.15) is 29.9 Å². The lowest BCUT2D eigenvalue weighted by Crippen LogP contribution is -2.26. The number of hydrogen-bond donors (Lipinski definition) is 2. The van der Waals surface area contributed by atoms with Crippen molar-refractivity contribution in [3.8, 4) is 0 Å². The number of benzene rings is 2. The first kappa shape index (κ1) is 17.2. The van der Waals surface area contributed by atoms with Crippen LogP contribution in [0.5, 0.6) is 0 Å². The Hall–Kier alpha value is -1.84. The Morgan fingerprint density at radius 2 is 1.38 bits per heavy atom. The lowest BCUT2D eigenvalue weighted by atomic mass is 9.85. The lowest BCUT2D eigenvalue weighted by Gasteiger charge is -2.21. The van der Waals surface area contributed by atoms with E-state index in [-0.39, 0.29) is 30.8 Å². The molecule has 112 valence electrons. The Bertz CT molecular complexity index is 506. The number of carboxylic acid groups (broad SMARTS) is 1. The van der Waals surface area contributed by atoms with Crippen LogP contribution in [-0.2, 0) is 4.79 Å². The van der Waals surface area contributed by atoms with Crippen LogP contribution in [0.2, 0.25) is 0 Å². The minimum absolute atomic E-state index is 0. The van der Waals surface area contributed by atoms with Gasteiger partial charge in [0.2, 0.25) is 0 Å².